The first kappa shape index (κ1) is 16.0. The molecule has 3 unspecified atom stereocenters. The Morgan fingerprint density at radius 2 is 2.15 bits per heavy atom. The number of rotatable bonds is 1. The number of morpholine rings is 1. The summed E-state index contributed by atoms with van der Waals surface area (Å²) in [4.78, 5) is 17.0. The van der Waals surface area contributed by atoms with Gasteiger partial charge in [0.2, 0.25) is 5.91 Å². The molecule has 3 saturated heterocycles. The van der Waals surface area contributed by atoms with Gasteiger partial charge in [-0.2, -0.15) is 0 Å². The summed E-state index contributed by atoms with van der Waals surface area (Å²) in [6, 6.07) is 0.569. The number of carbonyl (C=O) groups is 1. The first-order valence-electron chi connectivity index (χ1n) is 7.56. The second kappa shape index (κ2) is 7.07. The highest BCUT2D eigenvalue weighted by Gasteiger charge is 2.37. The van der Waals surface area contributed by atoms with Crippen LogP contribution in [0.4, 0.5) is 0 Å². The number of fused-ring (bicyclic) bond motifs is 1. The molecule has 0 radical (unpaired) electrons. The van der Waals surface area contributed by atoms with Gasteiger partial charge in [-0.05, 0) is 38.8 Å². The summed E-state index contributed by atoms with van der Waals surface area (Å²) in [5.74, 6) is 0.910. The molecule has 0 aromatic rings. The average Bonchev–Trinajstić information content (AvgIpc) is 2.47. The topological polar surface area (TPSA) is 44.8 Å². The van der Waals surface area contributed by atoms with E-state index in [1.165, 1.54) is 19.4 Å². The fourth-order valence-corrected chi connectivity index (χ4v) is 3.80. The zero-order valence-electron chi connectivity index (χ0n) is 12.2. The van der Waals surface area contributed by atoms with Gasteiger partial charge < -0.3 is 19.9 Å². The van der Waals surface area contributed by atoms with E-state index in [9.17, 15) is 4.79 Å². The van der Waals surface area contributed by atoms with Crippen molar-refractivity contribution < 1.29 is 9.53 Å². The zero-order chi connectivity index (χ0) is 13.2. The second-order valence-electron chi connectivity index (χ2n) is 6.10. The lowest BCUT2D eigenvalue weighted by atomic mass is 9.84. The van der Waals surface area contributed by atoms with Gasteiger partial charge >= 0.3 is 0 Å². The molecule has 0 aliphatic carbocycles. The molecule has 116 valence electrons. The van der Waals surface area contributed by atoms with Gasteiger partial charge in [-0.25, -0.2) is 0 Å². The lowest BCUT2D eigenvalue weighted by molar-refractivity contribution is -0.139. The Labute approximate surface area is 127 Å². The number of nitrogens with zero attached hydrogens (tertiary/aromatic N) is 2. The predicted molar refractivity (Wildman–Crippen MR) is 80.2 cm³/mol. The molecule has 0 saturated carbocycles. The van der Waals surface area contributed by atoms with Gasteiger partial charge in [0.15, 0.2) is 0 Å². The van der Waals surface area contributed by atoms with Gasteiger partial charge in [-0.15, -0.1) is 12.4 Å². The van der Waals surface area contributed by atoms with Crippen LogP contribution in [0.1, 0.15) is 19.3 Å². The van der Waals surface area contributed by atoms with Crippen molar-refractivity contribution in [1.82, 2.24) is 15.1 Å². The highest BCUT2D eigenvalue weighted by molar-refractivity contribution is 5.85. The standard InChI is InChI=1S/C14H25N3O2.ClH/c1-16-6-2-3-11-9-17(7-4-13(11)16)14(18)12-10-19-8-5-15-12;/h11-13,15H,2-10H2,1H3;1H. The minimum atomic E-state index is -0.119. The molecule has 0 aromatic carbocycles. The van der Waals surface area contributed by atoms with Crippen molar-refractivity contribution in [3.63, 3.8) is 0 Å². The van der Waals surface area contributed by atoms with Gasteiger partial charge in [-0.3, -0.25) is 4.79 Å². The van der Waals surface area contributed by atoms with Gasteiger partial charge in [0.25, 0.3) is 0 Å². The summed E-state index contributed by atoms with van der Waals surface area (Å²) in [5, 5.41) is 3.27. The summed E-state index contributed by atoms with van der Waals surface area (Å²) in [7, 11) is 2.23. The van der Waals surface area contributed by atoms with Crippen LogP contribution in [0.3, 0.4) is 0 Å². The molecule has 3 aliphatic heterocycles. The molecule has 3 rings (SSSR count). The lowest BCUT2D eigenvalue weighted by Crippen LogP contribution is -2.58. The van der Waals surface area contributed by atoms with Crippen LogP contribution < -0.4 is 5.32 Å². The van der Waals surface area contributed by atoms with E-state index in [1.54, 1.807) is 0 Å². The van der Waals surface area contributed by atoms with Crippen molar-refractivity contribution in [2.45, 2.75) is 31.3 Å². The number of amides is 1. The van der Waals surface area contributed by atoms with Crippen LogP contribution in [-0.4, -0.2) is 74.2 Å². The quantitative estimate of drug-likeness (QED) is 0.759. The normalized spacial score (nSPS) is 35.0. The number of hydrogen-bond donors (Lipinski definition) is 1. The molecule has 5 nitrogen and oxygen atoms in total. The maximum absolute atomic E-state index is 12.5. The Morgan fingerprint density at radius 1 is 1.30 bits per heavy atom. The number of likely N-dealkylation sites (tertiary alicyclic amines) is 2. The maximum Gasteiger partial charge on any atom is 0.242 e. The third kappa shape index (κ3) is 3.27. The van der Waals surface area contributed by atoms with Gasteiger partial charge in [-0.1, -0.05) is 0 Å². The smallest absolute Gasteiger partial charge is 0.242 e. The van der Waals surface area contributed by atoms with Crippen LogP contribution in [0.15, 0.2) is 0 Å². The molecule has 1 amide bonds. The van der Waals surface area contributed by atoms with Crippen LogP contribution >= 0.6 is 12.4 Å². The van der Waals surface area contributed by atoms with Gasteiger partial charge in [0.05, 0.1) is 13.2 Å². The van der Waals surface area contributed by atoms with E-state index in [2.05, 4.69) is 22.2 Å². The summed E-state index contributed by atoms with van der Waals surface area (Å²) in [6.07, 6.45) is 3.67. The molecule has 3 aliphatic rings. The number of piperidine rings is 2. The fraction of sp³-hybridized carbons (Fsp3) is 0.929. The van der Waals surface area contributed by atoms with Crippen molar-refractivity contribution in [3.05, 3.63) is 0 Å². The van der Waals surface area contributed by atoms with Crippen molar-refractivity contribution >= 4 is 18.3 Å². The summed E-state index contributed by atoms with van der Waals surface area (Å²) in [6.45, 7) is 5.10. The van der Waals surface area contributed by atoms with E-state index in [1.807, 2.05) is 0 Å². The van der Waals surface area contributed by atoms with Crippen LogP contribution in [0.2, 0.25) is 0 Å². The first-order valence-corrected chi connectivity index (χ1v) is 7.56. The monoisotopic (exact) mass is 303 g/mol. The lowest BCUT2D eigenvalue weighted by Gasteiger charge is -2.46. The summed E-state index contributed by atoms with van der Waals surface area (Å²) in [5.41, 5.74) is 0. The van der Waals surface area contributed by atoms with Crippen molar-refractivity contribution in [1.29, 1.82) is 0 Å². The van der Waals surface area contributed by atoms with Crippen LogP contribution in [-0.2, 0) is 9.53 Å². The molecule has 3 heterocycles. The van der Waals surface area contributed by atoms with Crippen LogP contribution in [0.25, 0.3) is 0 Å². The SMILES string of the molecule is CN1CCCC2CN(C(=O)C3COCCN3)CCC21.Cl. The molecule has 6 heteroatoms. The van der Waals surface area contributed by atoms with Crippen LogP contribution in [0, 0.1) is 5.92 Å². The Hall–Kier alpha value is -0.360. The minimum Gasteiger partial charge on any atom is -0.378 e. The number of carbonyl (C=O) groups excluding carboxylic acids is 1. The average molecular weight is 304 g/mol. The third-order valence-electron chi connectivity index (χ3n) is 4.88. The molecule has 0 spiro atoms. The number of ether oxygens (including phenoxy) is 1. The number of halogens is 1. The first-order chi connectivity index (χ1) is 9.25. The van der Waals surface area contributed by atoms with E-state index in [4.69, 9.17) is 4.74 Å². The molecule has 20 heavy (non-hydrogen) atoms. The molecular formula is C14H26ClN3O2. The van der Waals surface area contributed by atoms with Gasteiger partial charge in [0, 0.05) is 25.7 Å². The zero-order valence-corrected chi connectivity index (χ0v) is 13.0. The largest absolute Gasteiger partial charge is 0.378 e. The molecular weight excluding hydrogens is 278 g/mol. The Morgan fingerprint density at radius 3 is 2.90 bits per heavy atom. The number of nitrogens with one attached hydrogen (secondary N) is 1. The molecule has 3 fully saturated rings. The highest BCUT2D eigenvalue weighted by Crippen LogP contribution is 2.29. The summed E-state index contributed by atoms with van der Waals surface area (Å²) >= 11 is 0. The van der Waals surface area contributed by atoms with E-state index >= 15 is 0 Å². The minimum absolute atomic E-state index is 0. The van der Waals surface area contributed by atoms with Crippen molar-refractivity contribution in [2.24, 2.45) is 5.92 Å². The third-order valence-corrected chi connectivity index (χ3v) is 4.88. The van der Waals surface area contributed by atoms with E-state index in [-0.39, 0.29) is 24.4 Å². The maximum atomic E-state index is 12.5. The fourth-order valence-electron chi connectivity index (χ4n) is 3.80. The van der Waals surface area contributed by atoms with Gasteiger partial charge in [0.1, 0.15) is 6.04 Å². The molecule has 3 atom stereocenters. The Bertz CT molecular complexity index is 336. The van der Waals surface area contributed by atoms with Crippen molar-refractivity contribution in [2.75, 3.05) is 46.4 Å². The Balaban J connectivity index is 0.00000147. The van der Waals surface area contributed by atoms with Crippen LogP contribution in [0.5, 0.6) is 0 Å². The second-order valence-corrected chi connectivity index (χ2v) is 6.10. The van der Waals surface area contributed by atoms with E-state index in [0.29, 0.717) is 18.6 Å². The number of hydrogen-bond acceptors (Lipinski definition) is 4. The van der Waals surface area contributed by atoms with E-state index < -0.39 is 0 Å². The molecule has 1 N–H and O–H groups in total. The molecule has 0 bridgehead atoms. The Kier molecular flexibility index (Phi) is 5.66. The van der Waals surface area contributed by atoms with Crippen molar-refractivity contribution in [3.8, 4) is 0 Å². The highest BCUT2D eigenvalue weighted by atomic mass is 35.5. The van der Waals surface area contributed by atoms with E-state index in [0.717, 1.165) is 32.7 Å². The predicted octanol–water partition coefficient (Wildman–Crippen LogP) is 0.339. The summed E-state index contributed by atoms with van der Waals surface area (Å²) < 4.78 is 5.40. The molecule has 0 aromatic heterocycles.